The number of carbonyl (C=O) groups is 2. The normalized spacial score (nSPS) is 14.4. The van der Waals surface area contributed by atoms with E-state index in [1.807, 2.05) is 24.4 Å². The van der Waals surface area contributed by atoms with Gasteiger partial charge in [0, 0.05) is 17.1 Å². The fraction of sp³-hybridized carbons (Fsp3) is 0.389. The molecule has 5 nitrogen and oxygen atoms in total. The largest absolute Gasteiger partial charge is 0.349 e. The standard InChI is InChI=1S/C18H21N3O2S2/c1-12-10-24-18(19-12)25-11-16(22)21-15-9-5-4-8-14(15)17(23)20-13-6-2-3-7-13/h4-5,8-10,13H,2-3,6-7,11H2,1H3,(H,20,23)(H,21,22). The number of carbonyl (C=O) groups excluding carboxylic acids is 2. The molecule has 1 fully saturated rings. The molecule has 0 radical (unpaired) electrons. The van der Waals surface area contributed by atoms with Gasteiger partial charge in [0.1, 0.15) is 0 Å². The number of hydrogen-bond donors (Lipinski definition) is 2. The van der Waals surface area contributed by atoms with Crippen LogP contribution in [-0.2, 0) is 4.79 Å². The molecule has 0 atom stereocenters. The monoisotopic (exact) mass is 375 g/mol. The first kappa shape index (κ1) is 17.9. The lowest BCUT2D eigenvalue weighted by atomic mass is 10.1. The van der Waals surface area contributed by atoms with Crippen molar-refractivity contribution in [1.29, 1.82) is 0 Å². The zero-order valence-electron chi connectivity index (χ0n) is 14.1. The molecule has 0 spiro atoms. The summed E-state index contributed by atoms with van der Waals surface area (Å²) in [4.78, 5) is 29.1. The Hall–Kier alpha value is -1.86. The number of nitrogens with one attached hydrogen (secondary N) is 2. The molecule has 132 valence electrons. The van der Waals surface area contributed by atoms with Crippen molar-refractivity contribution < 1.29 is 9.59 Å². The highest BCUT2D eigenvalue weighted by Crippen LogP contribution is 2.23. The van der Waals surface area contributed by atoms with E-state index in [2.05, 4.69) is 15.6 Å². The van der Waals surface area contributed by atoms with Crippen molar-refractivity contribution >= 4 is 40.6 Å². The van der Waals surface area contributed by atoms with Gasteiger partial charge in [0.05, 0.1) is 17.0 Å². The maximum Gasteiger partial charge on any atom is 0.253 e. The lowest BCUT2D eigenvalue weighted by Crippen LogP contribution is -2.33. The molecular formula is C18H21N3O2S2. The van der Waals surface area contributed by atoms with Gasteiger partial charge in [-0.1, -0.05) is 36.7 Å². The first-order chi connectivity index (χ1) is 12.1. The number of aryl methyl sites for hydroxylation is 1. The van der Waals surface area contributed by atoms with E-state index in [1.54, 1.807) is 12.1 Å². The summed E-state index contributed by atoms with van der Waals surface area (Å²) in [7, 11) is 0. The minimum absolute atomic E-state index is 0.119. The Morgan fingerprint density at radius 1 is 1.28 bits per heavy atom. The van der Waals surface area contributed by atoms with Gasteiger partial charge in [0.25, 0.3) is 5.91 Å². The van der Waals surface area contributed by atoms with Gasteiger partial charge >= 0.3 is 0 Å². The second-order valence-corrected chi connectivity index (χ2v) is 8.17. The molecule has 7 heteroatoms. The average Bonchev–Trinajstić information content (AvgIpc) is 3.25. The second kappa shape index (κ2) is 8.49. The number of anilines is 1. The maximum atomic E-state index is 12.5. The predicted molar refractivity (Wildman–Crippen MR) is 102 cm³/mol. The molecule has 0 saturated heterocycles. The summed E-state index contributed by atoms with van der Waals surface area (Å²) in [6, 6.07) is 7.39. The molecule has 1 aliphatic rings. The van der Waals surface area contributed by atoms with Crippen LogP contribution in [0.5, 0.6) is 0 Å². The summed E-state index contributed by atoms with van der Waals surface area (Å²) in [5.74, 6) is 0.0101. The van der Waals surface area contributed by atoms with Crippen molar-refractivity contribution in [3.8, 4) is 0 Å². The van der Waals surface area contributed by atoms with Crippen LogP contribution in [0.25, 0.3) is 0 Å². The van der Waals surface area contributed by atoms with Crippen LogP contribution in [0.2, 0.25) is 0 Å². The molecular weight excluding hydrogens is 354 g/mol. The lowest BCUT2D eigenvalue weighted by Gasteiger charge is -2.14. The van der Waals surface area contributed by atoms with Gasteiger partial charge in [-0.15, -0.1) is 11.3 Å². The van der Waals surface area contributed by atoms with Crippen LogP contribution in [0.4, 0.5) is 5.69 Å². The third-order valence-electron chi connectivity index (χ3n) is 4.06. The highest BCUT2D eigenvalue weighted by atomic mass is 32.2. The highest BCUT2D eigenvalue weighted by Gasteiger charge is 2.20. The summed E-state index contributed by atoms with van der Waals surface area (Å²) in [5, 5.41) is 7.88. The van der Waals surface area contributed by atoms with Gasteiger partial charge in [-0.25, -0.2) is 4.98 Å². The fourth-order valence-corrected chi connectivity index (χ4v) is 4.49. The van der Waals surface area contributed by atoms with Crippen LogP contribution in [0.1, 0.15) is 41.7 Å². The topological polar surface area (TPSA) is 71.1 Å². The van der Waals surface area contributed by atoms with E-state index in [9.17, 15) is 9.59 Å². The van der Waals surface area contributed by atoms with Crippen molar-refractivity contribution in [3.05, 3.63) is 40.9 Å². The molecule has 2 amide bonds. The van der Waals surface area contributed by atoms with E-state index >= 15 is 0 Å². The molecule has 25 heavy (non-hydrogen) atoms. The van der Waals surface area contributed by atoms with Gasteiger partial charge in [-0.3, -0.25) is 9.59 Å². The van der Waals surface area contributed by atoms with E-state index in [1.165, 1.54) is 23.1 Å². The minimum Gasteiger partial charge on any atom is -0.349 e. The van der Waals surface area contributed by atoms with Crippen molar-refractivity contribution in [2.45, 2.75) is 43.0 Å². The summed E-state index contributed by atoms with van der Waals surface area (Å²) in [6.45, 7) is 1.93. The van der Waals surface area contributed by atoms with Crippen LogP contribution >= 0.6 is 23.1 Å². The zero-order chi connectivity index (χ0) is 17.6. The maximum absolute atomic E-state index is 12.5. The molecule has 0 bridgehead atoms. The number of aromatic nitrogens is 1. The summed E-state index contributed by atoms with van der Waals surface area (Å²) >= 11 is 2.94. The third kappa shape index (κ3) is 5.06. The van der Waals surface area contributed by atoms with Crippen molar-refractivity contribution in [1.82, 2.24) is 10.3 Å². The summed E-state index contributed by atoms with van der Waals surface area (Å²) in [5.41, 5.74) is 2.03. The quantitative estimate of drug-likeness (QED) is 0.752. The molecule has 2 N–H and O–H groups in total. The molecule has 0 unspecified atom stereocenters. The second-order valence-electron chi connectivity index (χ2n) is 6.09. The molecule has 1 aromatic carbocycles. The predicted octanol–water partition coefficient (Wildman–Crippen LogP) is 3.85. The zero-order valence-corrected chi connectivity index (χ0v) is 15.7. The van der Waals surface area contributed by atoms with E-state index in [-0.39, 0.29) is 23.6 Å². The van der Waals surface area contributed by atoms with Gasteiger partial charge in [0.15, 0.2) is 4.34 Å². The Labute approximate surface area is 155 Å². The fourth-order valence-electron chi connectivity index (χ4n) is 2.84. The smallest absolute Gasteiger partial charge is 0.253 e. The van der Waals surface area contributed by atoms with Crippen molar-refractivity contribution in [3.63, 3.8) is 0 Å². The Balaban J connectivity index is 1.59. The average molecular weight is 376 g/mol. The Morgan fingerprint density at radius 2 is 2.04 bits per heavy atom. The first-order valence-corrected chi connectivity index (χ1v) is 10.2. The van der Waals surface area contributed by atoms with Gasteiger partial charge in [-0.2, -0.15) is 0 Å². The lowest BCUT2D eigenvalue weighted by molar-refractivity contribution is -0.113. The van der Waals surface area contributed by atoms with Gasteiger partial charge in [0.2, 0.25) is 5.91 Å². The Morgan fingerprint density at radius 3 is 2.76 bits per heavy atom. The van der Waals surface area contributed by atoms with Crippen molar-refractivity contribution in [2.75, 3.05) is 11.1 Å². The number of rotatable bonds is 6. The number of benzene rings is 1. The Kier molecular flexibility index (Phi) is 6.09. The van der Waals surface area contributed by atoms with Crippen LogP contribution in [0.3, 0.4) is 0 Å². The van der Waals surface area contributed by atoms with Crippen LogP contribution in [-0.4, -0.2) is 28.6 Å². The van der Waals surface area contributed by atoms with Gasteiger partial charge in [-0.05, 0) is 31.9 Å². The number of para-hydroxylation sites is 1. The highest BCUT2D eigenvalue weighted by molar-refractivity contribution is 8.01. The molecule has 1 saturated carbocycles. The number of hydrogen-bond acceptors (Lipinski definition) is 5. The SMILES string of the molecule is Cc1csc(SCC(=O)Nc2ccccc2C(=O)NC2CCCC2)n1. The number of amides is 2. The molecule has 1 heterocycles. The number of thiazole rings is 1. The molecule has 3 rings (SSSR count). The molecule has 1 aromatic heterocycles. The number of nitrogens with zero attached hydrogens (tertiary/aromatic N) is 1. The van der Waals surface area contributed by atoms with Gasteiger partial charge < -0.3 is 10.6 Å². The minimum atomic E-state index is -0.140. The summed E-state index contributed by atoms with van der Waals surface area (Å²) in [6.07, 6.45) is 4.39. The molecule has 0 aliphatic heterocycles. The van der Waals surface area contributed by atoms with E-state index < -0.39 is 0 Å². The van der Waals surface area contributed by atoms with E-state index in [0.29, 0.717) is 11.3 Å². The van der Waals surface area contributed by atoms with Crippen LogP contribution < -0.4 is 10.6 Å². The van der Waals surface area contributed by atoms with Crippen LogP contribution in [0.15, 0.2) is 34.0 Å². The Bertz CT molecular complexity index is 754. The van der Waals surface area contributed by atoms with E-state index in [0.717, 1.165) is 35.7 Å². The van der Waals surface area contributed by atoms with Crippen LogP contribution in [0, 0.1) is 6.92 Å². The first-order valence-electron chi connectivity index (χ1n) is 8.36. The van der Waals surface area contributed by atoms with E-state index in [4.69, 9.17) is 0 Å². The number of thioether (sulfide) groups is 1. The molecule has 2 aromatic rings. The third-order valence-corrected chi connectivity index (χ3v) is 6.20. The summed E-state index contributed by atoms with van der Waals surface area (Å²) < 4.78 is 0.875. The molecule has 1 aliphatic carbocycles. The van der Waals surface area contributed by atoms with Crippen molar-refractivity contribution in [2.24, 2.45) is 0 Å².